The minimum Gasteiger partial charge on any atom is -0.488 e. The summed E-state index contributed by atoms with van der Waals surface area (Å²) in [6.45, 7) is 2.90. The molecule has 3 heteroatoms. The van der Waals surface area contributed by atoms with Gasteiger partial charge in [0.05, 0.1) is 13.7 Å². The maximum absolute atomic E-state index is 5.71. The molecule has 0 unspecified atom stereocenters. The minimum absolute atomic E-state index is 0.591. The van der Waals surface area contributed by atoms with Gasteiger partial charge in [0, 0.05) is 6.20 Å². The fourth-order valence-corrected chi connectivity index (χ4v) is 1.41. The molecule has 0 aromatic carbocycles. The number of aryl methyl sites for hydroxylation is 1. The van der Waals surface area contributed by atoms with E-state index >= 15 is 0 Å². The second-order valence-corrected chi connectivity index (χ2v) is 3.96. The van der Waals surface area contributed by atoms with Crippen LogP contribution in [0.1, 0.15) is 25.3 Å². The zero-order valence-electron chi connectivity index (χ0n) is 9.32. The van der Waals surface area contributed by atoms with Crippen LogP contribution in [-0.4, -0.2) is 18.7 Å². The molecule has 2 rings (SSSR count). The first-order valence-corrected chi connectivity index (χ1v) is 5.49. The first-order chi connectivity index (χ1) is 7.33. The summed E-state index contributed by atoms with van der Waals surface area (Å²) in [5, 5.41) is 0. The fourth-order valence-electron chi connectivity index (χ4n) is 1.41. The Morgan fingerprint density at radius 3 is 2.87 bits per heavy atom. The molecule has 15 heavy (non-hydrogen) atoms. The second kappa shape index (κ2) is 4.51. The molecule has 1 heterocycles. The largest absolute Gasteiger partial charge is 0.488 e. The molecule has 0 bridgehead atoms. The molecule has 1 aromatic rings. The van der Waals surface area contributed by atoms with Crippen LogP contribution >= 0.6 is 0 Å². The van der Waals surface area contributed by atoms with Gasteiger partial charge >= 0.3 is 0 Å². The molecule has 0 N–H and O–H groups in total. The highest BCUT2D eigenvalue weighted by molar-refractivity contribution is 5.36. The number of hydrogen-bond acceptors (Lipinski definition) is 3. The average Bonchev–Trinajstić information content (AvgIpc) is 3.09. The lowest BCUT2D eigenvalue weighted by molar-refractivity contribution is 0.275. The Labute approximate surface area is 90.4 Å². The summed E-state index contributed by atoms with van der Waals surface area (Å²) in [7, 11) is 1.62. The van der Waals surface area contributed by atoms with Crippen LogP contribution in [0, 0.1) is 5.92 Å². The molecule has 1 aliphatic rings. The Bertz CT molecular complexity index is 334. The predicted octanol–water partition coefficient (Wildman–Crippen LogP) is 2.44. The molecular formula is C12H17NO2. The molecule has 1 saturated carbocycles. The van der Waals surface area contributed by atoms with Gasteiger partial charge in [0.25, 0.3) is 5.88 Å². The Hall–Kier alpha value is -1.25. The van der Waals surface area contributed by atoms with E-state index in [-0.39, 0.29) is 0 Å². The van der Waals surface area contributed by atoms with E-state index in [1.165, 1.54) is 18.4 Å². The van der Waals surface area contributed by atoms with Crippen molar-refractivity contribution in [3.8, 4) is 11.6 Å². The number of pyridine rings is 1. The highest BCUT2D eigenvalue weighted by Gasteiger charge is 2.22. The Morgan fingerprint density at radius 2 is 2.27 bits per heavy atom. The van der Waals surface area contributed by atoms with E-state index in [0.29, 0.717) is 5.88 Å². The lowest BCUT2D eigenvalue weighted by Crippen LogP contribution is -2.02. The van der Waals surface area contributed by atoms with Gasteiger partial charge in [0.15, 0.2) is 5.75 Å². The minimum atomic E-state index is 0.591. The average molecular weight is 207 g/mol. The summed E-state index contributed by atoms with van der Waals surface area (Å²) in [5.74, 6) is 2.12. The molecule has 0 spiro atoms. The highest BCUT2D eigenvalue weighted by Crippen LogP contribution is 2.32. The Morgan fingerprint density at radius 1 is 1.47 bits per heavy atom. The van der Waals surface area contributed by atoms with Crippen molar-refractivity contribution >= 4 is 0 Å². The van der Waals surface area contributed by atoms with Crippen molar-refractivity contribution in [1.29, 1.82) is 0 Å². The Balaban J connectivity index is 2.08. The van der Waals surface area contributed by atoms with Crippen molar-refractivity contribution in [3.63, 3.8) is 0 Å². The van der Waals surface area contributed by atoms with Crippen molar-refractivity contribution in [2.45, 2.75) is 26.2 Å². The number of ether oxygens (including phenoxy) is 2. The summed E-state index contributed by atoms with van der Waals surface area (Å²) in [6, 6.07) is 2.02. The molecule has 3 nitrogen and oxygen atoms in total. The van der Waals surface area contributed by atoms with Gasteiger partial charge in [-0.2, -0.15) is 0 Å². The first-order valence-electron chi connectivity index (χ1n) is 5.49. The van der Waals surface area contributed by atoms with Crippen LogP contribution in [0.4, 0.5) is 0 Å². The molecule has 0 radical (unpaired) electrons. The molecule has 0 saturated heterocycles. The van der Waals surface area contributed by atoms with E-state index in [4.69, 9.17) is 9.47 Å². The van der Waals surface area contributed by atoms with Gasteiger partial charge in [-0.1, -0.05) is 6.92 Å². The SMILES string of the molecule is CCc1cnc(OC)c(OCC2CC2)c1. The maximum atomic E-state index is 5.71. The maximum Gasteiger partial charge on any atom is 0.256 e. The lowest BCUT2D eigenvalue weighted by atomic mass is 10.2. The molecular weight excluding hydrogens is 190 g/mol. The number of nitrogens with zero attached hydrogens (tertiary/aromatic N) is 1. The molecule has 0 atom stereocenters. The molecule has 0 amide bonds. The van der Waals surface area contributed by atoms with Gasteiger partial charge in [-0.3, -0.25) is 0 Å². The van der Waals surface area contributed by atoms with Gasteiger partial charge in [-0.15, -0.1) is 0 Å². The third-order valence-corrected chi connectivity index (χ3v) is 2.65. The summed E-state index contributed by atoms with van der Waals surface area (Å²) < 4.78 is 10.9. The smallest absolute Gasteiger partial charge is 0.256 e. The van der Waals surface area contributed by atoms with Crippen molar-refractivity contribution in [2.75, 3.05) is 13.7 Å². The number of hydrogen-bond donors (Lipinski definition) is 0. The van der Waals surface area contributed by atoms with Crippen LogP contribution in [-0.2, 0) is 6.42 Å². The van der Waals surface area contributed by atoms with Gasteiger partial charge in [0.2, 0.25) is 0 Å². The van der Waals surface area contributed by atoms with Gasteiger partial charge in [0.1, 0.15) is 0 Å². The van der Waals surface area contributed by atoms with Crippen molar-refractivity contribution < 1.29 is 9.47 Å². The van der Waals surface area contributed by atoms with Crippen LogP contribution in [0.25, 0.3) is 0 Å². The summed E-state index contributed by atoms with van der Waals surface area (Å²) >= 11 is 0. The monoisotopic (exact) mass is 207 g/mol. The molecule has 1 fully saturated rings. The van der Waals surface area contributed by atoms with Crippen LogP contribution in [0.15, 0.2) is 12.3 Å². The van der Waals surface area contributed by atoms with Gasteiger partial charge < -0.3 is 9.47 Å². The zero-order chi connectivity index (χ0) is 10.7. The normalized spacial score (nSPS) is 15.1. The lowest BCUT2D eigenvalue weighted by Gasteiger charge is -2.10. The third-order valence-electron chi connectivity index (χ3n) is 2.65. The van der Waals surface area contributed by atoms with E-state index in [9.17, 15) is 0 Å². The Kier molecular flexibility index (Phi) is 3.09. The van der Waals surface area contributed by atoms with Gasteiger partial charge in [-0.25, -0.2) is 4.98 Å². The van der Waals surface area contributed by atoms with E-state index in [0.717, 1.165) is 24.7 Å². The topological polar surface area (TPSA) is 31.4 Å². The van der Waals surface area contributed by atoms with E-state index < -0.39 is 0 Å². The van der Waals surface area contributed by atoms with Crippen LogP contribution in [0.5, 0.6) is 11.6 Å². The molecule has 0 aliphatic heterocycles. The summed E-state index contributed by atoms with van der Waals surface area (Å²) in [6.07, 6.45) is 5.39. The van der Waals surface area contributed by atoms with E-state index in [1.54, 1.807) is 7.11 Å². The number of aromatic nitrogens is 1. The zero-order valence-corrected chi connectivity index (χ0v) is 9.32. The van der Waals surface area contributed by atoms with Crippen molar-refractivity contribution in [3.05, 3.63) is 17.8 Å². The van der Waals surface area contributed by atoms with Crippen LogP contribution < -0.4 is 9.47 Å². The fraction of sp³-hybridized carbons (Fsp3) is 0.583. The highest BCUT2D eigenvalue weighted by atomic mass is 16.5. The van der Waals surface area contributed by atoms with Crippen LogP contribution in [0.2, 0.25) is 0 Å². The number of rotatable bonds is 5. The van der Waals surface area contributed by atoms with E-state index in [2.05, 4.69) is 11.9 Å². The van der Waals surface area contributed by atoms with Crippen LogP contribution in [0.3, 0.4) is 0 Å². The molecule has 82 valence electrons. The number of methoxy groups -OCH3 is 1. The molecule has 1 aliphatic carbocycles. The summed E-state index contributed by atoms with van der Waals surface area (Å²) in [4.78, 5) is 4.22. The van der Waals surface area contributed by atoms with Gasteiger partial charge in [-0.05, 0) is 36.8 Å². The molecule has 1 aromatic heterocycles. The van der Waals surface area contributed by atoms with Crippen molar-refractivity contribution in [1.82, 2.24) is 4.98 Å². The first kappa shape index (κ1) is 10.3. The van der Waals surface area contributed by atoms with Crippen molar-refractivity contribution in [2.24, 2.45) is 5.92 Å². The predicted molar refractivity (Wildman–Crippen MR) is 58.4 cm³/mol. The van der Waals surface area contributed by atoms with E-state index in [1.807, 2.05) is 12.3 Å². The standard InChI is InChI=1S/C12H17NO2/c1-3-9-6-11(12(14-2)13-7-9)15-8-10-4-5-10/h6-7,10H,3-5,8H2,1-2H3. The quantitative estimate of drug-likeness (QED) is 0.743. The summed E-state index contributed by atoms with van der Waals surface area (Å²) in [5.41, 5.74) is 1.18. The third kappa shape index (κ3) is 2.61. The second-order valence-electron chi connectivity index (χ2n) is 3.96.